The molecule has 0 N–H and O–H groups in total. The molecule has 2 bridgehead atoms. The highest BCUT2D eigenvalue weighted by Crippen LogP contribution is 2.46. The van der Waals surface area contributed by atoms with E-state index in [2.05, 4.69) is 16.1 Å². The van der Waals surface area contributed by atoms with E-state index in [1.165, 1.54) is 18.4 Å². The number of benzene rings is 2. The van der Waals surface area contributed by atoms with Gasteiger partial charge in [0.1, 0.15) is 23.0 Å². The first-order valence-electron chi connectivity index (χ1n) is 13.6. The molecule has 1 saturated carbocycles. The fourth-order valence-electron chi connectivity index (χ4n) is 6.22. The van der Waals surface area contributed by atoms with Crippen molar-refractivity contribution in [1.82, 2.24) is 10.1 Å². The fourth-order valence-corrected chi connectivity index (χ4v) is 7.62. The van der Waals surface area contributed by atoms with Crippen molar-refractivity contribution in [3.8, 4) is 17.3 Å². The number of carbonyl (C=O) groups excluding carboxylic acids is 1. The van der Waals surface area contributed by atoms with Gasteiger partial charge in [-0.25, -0.2) is 9.78 Å². The SMILES string of the molecule is COC(=O)c1cc(C#N)c2nc(N3C4CCC3CC(OCc3c(-c5ccccc5Cl)noc3C3CC3)C4)sc2c1. The van der Waals surface area contributed by atoms with Crippen molar-refractivity contribution in [3.63, 3.8) is 0 Å². The first-order chi connectivity index (χ1) is 19.5. The molecule has 3 fully saturated rings. The Bertz CT molecular complexity index is 1640. The van der Waals surface area contributed by atoms with Crippen LogP contribution in [0.2, 0.25) is 5.02 Å². The van der Waals surface area contributed by atoms with Crippen LogP contribution >= 0.6 is 22.9 Å². The van der Waals surface area contributed by atoms with Crippen molar-refractivity contribution in [2.45, 2.75) is 69.2 Å². The summed E-state index contributed by atoms with van der Waals surface area (Å²) in [5, 5.41) is 15.7. The van der Waals surface area contributed by atoms with Crippen LogP contribution in [0, 0.1) is 11.3 Å². The van der Waals surface area contributed by atoms with E-state index in [4.69, 9.17) is 30.6 Å². The fraction of sp³-hybridized carbons (Fsp3) is 0.400. The summed E-state index contributed by atoms with van der Waals surface area (Å²) in [7, 11) is 1.34. The third kappa shape index (κ3) is 4.44. The maximum Gasteiger partial charge on any atom is 0.337 e. The van der Waals surface area contributed by atoms with Gasteiger partial charge in [-0.2, -0.15) is 5.26 Å². The number of rotatable bonds is 7. The third-order valence-electron chi connectivity index (χ3n) is 8.29. The molecule has 40 heavy (non-hydrogen) atoms. The van der Waals surface area contributed by atoms with Crippen molar-refractivity contribution in [3.05, 3.63) is 63.9 Å². The first kappa shape index (κ1) is 25.5. The number of esters is 1. The van der Waals surface area contributed by atoms with Gasteiger partial charge < -0.3 is 18.9 Å². The largest absolute Gasteiger partial charge is 0.465 e. The molecule has 2 saturated heterocycles. The van der Waals surface area contributed by atoms with Crippen LogP contribution in [0.25, 0.3) is 21.5 Å². The Kier molecular flexibility index (Phi) is 6.50. The maximum atomic E-state index is 12.1. The van der Waals surface area contributed by atoms with Crippen molar-refractivity contribution < 1.29 is 18.8 Å². The van der Waals surface area contributed by atoms with E-state index in [0.717, 1.165) is 70.9 Å². The quantitative estimate of drug-likeness (QED) is 0.221. The number of methoxy groups -OCH3 is 1. The summed E-state index contributed by atoms with van der Waals surface area (Å²) in [6, 6.07) is 13.9. The second-order valence-electron chi connectivity index (χ2n) is 10.8. The third-order valence-corrected chi connectivity index (χ3v) is 9.64. The van der Waals surface area contributed by atoms with Gasteiger partial charge in [0.25, 0.3) is 0 Å². The van der Waals surface area contributed by atoms with Crippen LogP contribution in [0.3, 0.4) is 0 Å². The van der Waals surface area contributed by atoms with Gasteiger partial charge in [0, 0.05) is 29.1 Å². The molecule has 4 heterocycles. The summed E-state index contributed by atoms with van der Waals surface area (Å²) < 4.78 is 18.1. The standard InChI is InChI=1S/C30H27ClN4O4S/c1-37-29(36)17-10-18(14-32)26-25(11-17)40-30(33-26)35-19-8-9-20(35)13-21(12-19)38-15-23-27(22-4-2-3-5-24(22)31)34-39-28(23)16-6-7-16/h2-5,10-11,16,19-21H,6-9,12-13,15H2,1H3. The molecular formula is C30H27ClN4O4S. The van der Waals surface area contributed by atoms with Crippen LogP contribution in [0.5, 0.6) is 0 Å². The number of fused-ring (bicyclic) bond motifs is 3. The molecule has 0 spiro atoms. The number of anilines is 1. The number of ether oxygens (including phenoxy) is 2. The van der Waals surface area contributed by atoms with Crippen LogP contribution in [0.1, 0.15) is 71.7 Å². The van der Waals surface area contributed by atoms with Crippen LogP contribution < -0.4 is 4.90 Å². The molecule has 2 aliphatic heterocycles. The summed E-state index contributed by atoms with van der Waals surface area (Å²) in [5.41, 5.74) is 4.06. The Morgan fingerprint density at radius 3 is 2.67 bits per heavy atom. The molecule has 2 atom stereocenters. The van der Waals surface area contributed by atoms with E-state index in [0.29, 0.717) is 46.3 Å². The predicted molar refractivity (Wildman–Crippen MR) is 152 cm³/mol. The molecule has 0 amide bonds. The predicted octanol–water partition coefficient (Wildman–Crippen LogP) is 6.86. The zero-order valence-electron chi connectivity index (χ0n) is 21.9. The van der Waals surface area contributed by atoms with Crippen molar-refractivity contribution >= 4 is 44.3 Å². The lowest BCUT2D eigenvalue weighted by Crippen LogP contribution is -2.45. The summed E-state index contributed by atoms with van der Waals surface area (Å²) in [6.45, 7) is 0.447. The van der Waals surface area contributed by atoms with Gasteiger partial charge >= 0.3 is 5.97 Å². The molecule has 10 heteroatoms. The van der Waals surface area contributed by atoms with E-state index in [9.17, 15) is 10.1 Å². The zero-order chi connectivity index (χ0) is 27.4. The molecule has 1 aliphatic carbocycles. The molecule has 3 aliphatic rings. The zero-order valence-corrected chi connectivity index (χ0v) is 23.5. The monoisotopic (exact) mass is 574 g/mol. The average Bonchev–Trinajstić information content (AvgIpc) is 3.49. The summed E-state index contributed by atoms with van der Waals surface area (Å²) in [5.74, 6) is 0.892. The van der Waals surface area contributed by atoms with Crippen molar-refractivity contribution in [2.24, 2.45) is 0 Å². The van der Waals surface area contributed by atoms with Gasteiger partial charge in [-0.15, -0.1) is 0 Å². The van der Waals surface area contributed by atoms with Gasteiger partial charge in [0.15, 0.2) is 5.13 Å². The normalized spacial score (nSPS) is 22.0. The van der Waals surface area contributed by atoms with Crippen LogP contribution in [-0.4, -0.2) is 41.4 Å². The van der Waals surface area contributed by atoms with Crippen molar-refractivity contribution in [2.75, 3.05) is 12.0 Å². The Morgan fingerprint density at radius 1 is 1.20 bits per heavy atom. The number of carbonyl (C=O) groups is 1. The van der Waals surface area contributed by atoms with Gasteiger partial charge in [-0.05, 0) is 56.7 Å². The van der Waals surface area contributed by atoms with E-state index in [1.807, 2.05) is 24.3 Å². The Balaban J connectivity index is 1.11. The lowest BCUT2D eigenvalue weighted by molar-refractivity contribution is 0.0147. The van der Waals surface area contributed by atoms with Gasteiger partial charge in [-0.1, -0.05) is 46.3 Å². The van der Waals surface area contributed by atoms with E-state index in [1.54, 1.807) is 12.1 Å². The van der Waals surface area contributed by atoms with Crippen molar-refractivity contribution in [1.29, 1.82) is 5.26 Å². The molecule has 4 aromatic rings. The maximum absolute atomic E-state index is 12.1. The molecule has 8 nitrogen and oxygen atoms in total. The van der Waals surface area contributed by atoms with Gasteiger partial charge in [0.05, 0.1) is 40.7 Å². The van der Waals surface area contributed by atoms with Crippen LogP contribution in [-0.2, 0) is 16.1 Å². The Morgan fingerprint density at radius 2 is 1.98 bits per heavy atom. The minimum atomic E-state index is -0.457. The van der Waals surface area contributed by atoms with E-state index >= 15 is 0 Å². The number of hydrogen-bond acceptors (Lipinski definition) is 9. The molecular weight excluding hydrogens is 548 g/mol. The molecule has 7 rings (SSSR count). The number of thiazole rings is 1. The molecule has 2 aromatic carbocycles. The van der Waals surface area contributed by atoms with E-state index in [-0.39, 0.29) is 6.10 Å². The number of nitriles is 1. The highest BCUT2D eigenvalue weighted by Gasteiger charge is 2.43. The highest BCUT2D eigenvalue weighted by atomic mass is 35.5. The minimum Gasteiger partial charge on any atom is -0.465 e. The molecule has 204 valence electrons. The molecule has 0 radical (unpaired) electrons. The Hall–Kier alpha value is -3.45. The number of hydrogen-bond donors (Lipinski definition) is 0. The Labute approximate surface area is 240 Å². The van der Waals surface area contributed by atoms with Gasteiger partial charge in [0.2, 0.25) is 0 Å². The first-order valence-corrected chi connectivity index (χ1v) is 14.8. The summed E-state index contributed by atoms with van der Waals surface area (Å²) in [6.07, 6.45) is 6.29. The number of halogens is 1. The van der Waals surface area contributed by atoms with Crippen LogP contribution in [0.4, 0.5) is 5.13 Å². The van der Waals surface area contributed by atoms with E-state index < -0.39 is 5.97 Å². The lowest BCUT2D eigenvalue weighted by atomic mass is 10.00. The van der Waals surface area contributed by atoms with Crippen LogP contribution in [0.15, 0.2) is 40.9 Å². The number of aromatic nitrogens is 2. The lowest BCUT2D eigenvalue weighted by Gasteiger charge is -2.38. The summed E-state index contributed by atoms with van der Waals surface area (Å²) >= 11 is 8.04. The van der Waals surface area contributed by atoms with Gasteiger partial charge in [-0.3, -0.25) is 0 Å². The molecule has 2 aromatic heterocycles. The summed E-state index contributed by atoms with van der Waals surface area (Å²) in [4.78, 5) is 19.4. The smallest absolute Gasteiger partial charge is 0.337 e. The molecule has 2 unspecified atom stereocenters. The number of piperidine rings is 1. The highest BCUT2D eigenvalue weighted by molar-refractivity contribution is 7.22. The number of nitrogens with zero attached hydrogens (tertiary/aromatic N) is 4. The topological polar surface area (TPSA) is 101 Å². The second-order valence-corrected chi connectivity index (χ2v) is 12.2. The second kappa shape index (κ2) is 10.2. The average molecular weight is 575 g/mol. The minimum absolute atomic E-state index is 0.116.